The topological polar surface area (TPSA) is 32.9 Å². The molecule has 0 radical (unpaired) electrons. The lowest BCUT2D eigenvalue weighted by Gasteiger charge is -2.12. The first kappa shape index (κ1) is 11.8. The molecule has 0 amide bonds. The molecule has 0 bridgehead atoms. The van der Waals surface area contributed by atoms with Crippen LogP contribution in [0, 0.1) is 6.92 Å². The van der Waals surface area contributed by atoms with Gasteiger partial charge in [-0.1, -0.05) is 24.4 Å². The Morgan fingerprint density at radius 1 is 1.22 bits per heavy atom. The van der Waals surface area contributed by atoms with Gasteiger partial charge in [-0.25, -0.2) is 0 Å². The molecule has 0 saturated heterocycles. The summed E-state index contributed by atoms with van der Waals surface area (Å²) < 4.78 is 0. The summed E-state index contributed by atoms with van der Waals surface area (Å²) in [5.41, 5.74) is 3.15. The Morgan fingerprint density at radius 3 is 2.67 bits per heavy atom. The van der Waals surface area contributed by atoms with Crippen molar-refractivity contribution in [2.75, 3.05) is 0 Å². The van der Waals surface area contributed by atoms with Gasteiger partial charge in [0.2, 0.25) is 0 Å². The lowest BCUT2D eigenvalue weighted by Crippen LogP contribution is -2.08. The fourth-order valence-corrected chi connectivity index (χ4v) is 3.23. The average Bonchev–Trinajstić information content (AvgIpc) is 2.83. The zero-order valence-corrected chi connectivity index (χ0v) is 11.2. The van der Waals surface area contributed by atoms with Crippen molar-refractivity contribution in [1.29, 1.82) is 0 Å². The van der Waals surface area contributed by atoms with Crippen molar-refractivity contribution in [3.05, 3.63) is 44.7 Å². The van der Waals surface area contributed by atoms with Crippen LogP contribution in [0.2, 0.25) is 5.02 Å². The van der Waals surface area contributed by atoms with E-state index in [4.69, 9.17) is 11.6 Å². The largest absolute Gasteiger partial charge is 0.358 e. The predicted octanol–water partition coefficient (Wildman–Crippen LogP) is 4.15. The second kappa shape index (κ2) is 4.43. The Morgan fingerprint density at radius 2 is 1.94 bits per heavy atom. The van der Waals surface area contributed by atoms with E-state index < -0.39 is 0 Å². The van der Waals surface area contributed by atoms with E-state index in [1.165, 1.54) is 25.7 Å². The number of pyridine rings is 1. The van der Waals surface area contributed by atoms with Crippen LogP contribution in [0.4, 0.5) is 0 Å². The summed E-state index contributed by atoms with van der Waals surface area (Å²) in [6.45, 7) is 1.99. The van der Waals surface area contributed by atoms with Crippen molar-refractivity contribution in [2.24, 2.45) is 0 Å². The quantitative estimate of drug-likeness (QED) is 0.822. The Bertz CT molecular complexity index is 653. The number of hydrogen-bond acceptors (Lipinski definition) is 1. The first-order chi connectivity index (χ1) is 8.65. The van der Waals surface area contributed by atoms with Crippen LogP contribution >= 0.6 is 11.6 Å². The van der Waals surface area contributed by atoms with Crippen molar-refractivity contribution in [3.63, 3.8) is 0 Å². The maximum atomic E-state index is 12.2. The summed E-state index contributed by atoms with van der Waals surface area (Å²) in [6, 6.07) is 5.41. The lowest BCUT2D eigenvalue weighted by atomic mass is 10.0. The van der Waals surface area contributed by atoms with E-state index in [0.717, 1.165) is 16.8 Å². The van der Waals surface area contributed by atoms with Crippen LogP contribution in [-0.4, -0.2) is 4.98 Å². The van der Waals surface area contributed by atoms with Crippen LogP contribution in [0.5, 0.6) is 0 Å². The number of hydrogen-bond donors (Lipinski definition) is 1. The Kier molecular flexibility index (Phi) is 2.90. The van der Waals surface area contributed by atoms with E-state index in [9.17, 15) is 4.79 Å². The number of fused-ring (bicyclic) bond motifs is 1. The maximum Gasteiger partial charge on any atom is 0.189 e. The molecule has 18 heavy (non-hydrogen) atoms. The molecule has 1 N–H and O–H groups in total. The van der Waals surface area contributed by atoms with E-state index in [1.54, 1.807) is 12.1 Å². The molecule has 1 heterocycles. The highest BCUT2D eigenvalue weighted by Crippen LogP contribution is 2.33. The molecule has 0 atom stereocenters. The molecule has 1 aromatic heterocycles. The lowest BCUT2D eigenvalue weighted by molar-refractivity contribution is 0.700. The molecule has 0 spiro atoms. The van der Waals surface area contributed by atoms with Gasteiger partial charge in [0.05, 0.1) is 5.52 Å². The van der Waals surface area contributed by atoms with Crippen LogP contribution in [0.25, 0.3) is 10.9 Å². The van der Waals surface area contributed by atoms with Crippen molar-refractivity contribution in [2.45, 2.75) is 38.5 Å². The van der Waals surface area contributed by atoms with Gasteiger partial charge in [0.1, 0.15) is 0 Å². The highest BCUT2D eigenvalue weighted by Gasteiger charge is 2.19. The third-order valence-corrected chi connectivity index (χ3v) is 4.13. The van der Waals surface area contributed by atoms with Crippen molar-refractivity contribution >= 4 is 22.5 Å². The number of aromatic amines is 1. The van der Waals surface area contributed by atoms with E-state index in [-0.39, 0.29) is 5.43 Å². The summed E-state index contributed by atoms with van der Waals surface area (Å²) in [6.07, 6.45) is 4.91. The molecule has 1 aliphatic rings. The molecule has 3 rings (SSSR count). The number of aromatic nitrogens is 1. The first-order valence-corrected chi connectivity index (χ1v) is 6.86. The summed E-state index contributed by atoms with van der Waals surface area (Å²) in [5.74, 6) is 0.525. The van der Waals surface area contributed by atoms with Gasteiger partial charge < -0.3 is 4.98 Å². The standard InChI is InChI=1S/C15H16ClNO/c1-9-6-11(16)7-12-14(18)8-13(17-15(9)12)10-4-2-3-5-10/h6-8,10H,2-5H2,1H3,(H,17,18). The molecule has 2 aromatic rings. The van der Waals surface area contributed by atoms with Crippen LogP contribution in [-0.2, 0) is 0 Å². The summed E-state index contributed by atoms with van der Waals surface area (Å²) in [7, 11) is 0. The van der Waals surface area contributed by atoms with E-state index in [1.807, 2.05) is 13.0 Å². The maximum absolute atomic E-state index is 12.2. The van der Waals surface area contributed by atoms with E-state index in [2.05, 4.69) is 4.98 Å². The molecule has 0 unspecified atom stereocenters. The van der Waals surface area contributed by atoms with Crippen molar-refractivity contribution < 1.29 is 0 Å². The minimum Gasteiger partial charge on any atom is -0.358 e. The second-order valence-electron chi connectivity index (χ2n) is 5.22. The van der Waals surface area contributed by atoms with Crippen LogP contribution in [0.3, 0.4) is 0 Å². The molecular weight excluding hydrogens is 246 g/mol. The van der Waals surface area contributed by atoms with Gasteiger partial charge in [0.15, 0.2) is 5.43 Å². The Balaban J connectivity index is 2.23. The van der Waals surface area contributed by atoms with Crippen molar-refractivity contribution in [3.8, 4) is 0 Å². The Labute approximate surface area is 111 Å². The second-order valence-corrected chi connectivity index (χ2v) is 5.65. The summed E-state index contributed by atoms with van der Waals surface area (Å²) in [4.78, 5) is 15.6. The monoisotopic (exact) mass is 261 g/mol. The third kappa shape index (κ3) is 1.95. The van der Waals surface area contributed by atoms with Gasteiger partial charge in [-0.15, -0.1) is 0 Å². The van der Waals surface area contributed by atoms with Crippen molar-refractivity contribution in [1.82, 2.24) is 4.98 Å². The summed E-state index contributed by atoms with van der Waals surface area (Å²) in [5, 5.41) is 1.32. The molecule has 1 aromatic carbocycles. The first-order valence-electron chi connectivity index (χ1n) is 6.48. The zero-order valence-electron chi connectivity index (χ0n) is 10.4. The fraction of sp³-hybridized carbons (Fsp3) is 0.400. The third-order valence-electron chi connectivity index (χ3n) is 3.92. The highest BCUT2D eigenvalue weighted by molar-refractivity contribution is 6.31. The number of nitrogens with one attached hydrogen (secondary N) is 1. The molecule has 0 aliphatic heterocycles. The molecule has 94 valence electrons. The highest BCUT2D eigenvalue weighted by atomic mass is 35.5. The summed E-state index contributed by atoms with van der Waals surface area (Å²) >= 11 is 6.01. The number of aryl methyl sites for hydroxylation is 1. The van der Waals surface area contributed by atoms with E-state index >= 15 is 0 Å². The number of H-pyrrole nitrogens is 1. The smallest absolute Gasteiger partial charge is 0.189 e. The minimum atomic E-state index is 0.0799. The zero-order chi connectivity index (χ0) is 12.7. The van der Waals surface area contributed by atoms with Crippen LogP contribution in [0.1, 0.15) is 42.9 Å². The molecule has 1 aliphatic carbocycles. The number of benzene rings is 1. The Hall–Kier alpha value is -1.28. The van der Waals surface area contributed by atoms with E-state index in [0.29, 0.717) is 16.3 Å². The normalized spacial score (nSPS) is 16.6. The SMILES string of the molecule is Cc1cc(Cl)cc2c(=O)cc(C3CCCC3)[nH]c12. The van der Waals surface area contributed by atoms with Gasteiger partial charge in [-0.2, -0.15) is 0 Å². The predicted molar refractivity (Wildman–Crippen MR) is 75.5 cm³/mol. The molecule has 1 saturated carbocycles. The van der Waals surface area contributed by atoms with Gasteiger partial charge in [-0.3, -0.25) is 4.79 Å². The fourth-order valence-electron chi connectivity index (χ4n) is 2.96. The molecule has 2 nitrogen and oxygen atoms in total. The average molecular weight is 262 g/mol. The van der Waals surface area contributed by atoms with Crippen LogP contribution < -0.4 is 5.43 Å². The van der Waals surface area contributed by atoms with Gasteiger partial charge in [-0.05, 0) is 43.4 Å². The van der Waals surface area contributed by atoms with Gasteiger partial charge in [0, 0.05) is 22.2 Å². The minimum absolute atomic E-state index is 0.0799. The molecule has 1 fully saturated rings. The van der Waals surface area contributed by atoms with Gasteiger partial charge in [0.25, 0.3) is 0 Å². The van der Waals surface area contributed by atoms with Crippen LogP contribution in [0.15, 0.2) is 23.0 Å². The van der Waals surface area contributed by atoms with Gasteiger partial charge >= 0.3 is 0 Å². The molecular formula is C15H16ClNO. The number of halogens is 1. The number of rotatable bonds is 1. The molecule has 3 heteroatoms.